The van der Waals surface area contributed by atoms with Gasteiger partial charge in [0.1, 0.15) is 11.6 Å². The summed E-state index contributed by atoms with van der Waals surface area (Å²) >= 11 is 12.0. The highest BCUT2D eigenvalue weighted by Crippen LogP contribution is 2.32. The SMILES string of the molecule is Cc1ccc(-c2ccc3ncc4ccc(=O)n(-c5ccc(F)c(Cl)c5)c4c3c2)cn1.O=C1C=CC(c2ccc3ncc4ccc(=O)n(-c5ccc(F)c(Cl)c5)c4c3c2)=CC1. The average Bonchev–Trinajstić information content (AvgIpc) is 3.26. The fourth-order valence-corrected chi connectivity index (χ4v) is 7.67. The minimum atomic E-state index is -0.548. The maximum Gasteiger partial charge on any atom is 0.255 e. The topological polar surface area (TPSA) is 99.7 Å². The van der Waals surface area contributed by atoms with E-state index in [2.05, 4.69) is 15.0 Å². The molecule has 0 spiro atoms. The van der Waals surface area contributed by atoms with E-state index in [1.165, 1.54) is 47.0 Å². The molecule has 5 aromatic heterocycles. The average molecular weight is 833 g/mol. The number of allylic oxidation sites excluding steroid dienone is 4. The second kappa shape index (κ2) is 15.6. The smallest absolute Gasteiger partial charge is 0.255 e. The van der Waals surface area contributed by atoms with E-state index in [0.717, 1.165) is 60.5 Å². The highest BCUT2D eigenvalue weighted by Gasteiger charge is 2.16. The summed E-state index contributed by atoms with van der Waals surface area (Å²) in [7, 11) is 0. The predicted octanol–water partition coefficient (Wildman–Crippen LogP) is 10.9. The van der Waals surface area contributed by atoms with Crippen LogP contribution in [0, 0.1) is 18.6 Å². The third-order valence-electron chi connectivity index (χ3n) is 10.3. The van der Waals surface area contributed by atoms with Gasteiger partial charge in [-0.05, 0) is 109 Å². The molecule has 12 heteroatoms. The van der Waals surface area contributed by atoms with Crippen LogP contribution in [-0.4, -0.2) is 29.9 Å². The summed E-state index contributed by atoms with van der Waals surface area (Å²) in [6, 6.07) is 30.5. The first-order valence-electron chi connectivity index (χ1n) is 18.7. The molecule has 8 nitrogen and oxygen atoms in total. The lowest BCUT2D eigenvalue weighted by molar-refractivity contribution is -0.113. The quantitative estimate of drug-likeness (QED) is 0.164. The molecule has 1 aliphatic carbocycles. The van der Waals surface area contributed by atoms with Crippen LogP contribution >= 0.6 is 23.2 Å². The maximum absolute atomic E-state index is 13.7. The fraction of sp³-hybridized carbons (Fsp3) is 0.0417. The highest BCUT2D eigenvalue weighted by atomic mass is 35.5. The lowest BCUT2D eigenvalue weighted by Gasteiger charge is -2.14. The van der Waals surface area contributed by atoms with E-state index in [1.54, 1.807) is 47.3 Å². The zero-order valence-electron chi connectivity index (χ0n) is 31.5. The molecule has 0 bridgehead atoms. The van der Waals surface area contributed by atoms with Crippen LogP contribution < -0.4 is 11.1 Å². The second-order valence-corrected chi connectivity index (χ2v) is 15.0. The normalized spacial score (nSPS) is 12.6. The molecule has 0 atom stereocenters. The van der Waals surface area contributed by atoms with Crippen LogP contribution in [0.4, 0.5) is 8.78 Å². The number of aryl methyl sites for hydroxylation is 1. The van der Waals surface area contributed by atoms with Gasteiger partial charge in [0.05, 0.1) is 43.5 Å². The van der Waals surface area contributed by atoms with E-state index in [0.29, 0.717) is 28.8 Å². The van der Waals surface area contributed by atoms with Crippen LogP contribution in [0.3, 0.4) is 0 Å². The van der Waals surface area contributed by atoms with Gasteiger partial charge in [-0.2, -0.15) is 0 Å². The van der Waals surface area contributed by atoms with Crippen molar-refractivity contribution in [1.82, 2.24) is 24.1 Å². The first kappa shape index (κ1) is 38.4. The molecule has 0 fully saturated rings. The van der Waals surface area contributed by atoms with Gasteiger partial charge in [-0.3, -0.25) is 38.5 Å². The van der Waals surface area contributed by atoms with Crippen LogP contribution in [0.1, 0.15) is 17.7 Å². The Hall–Kier alpha value is -7.14. The number of rotatable bonds is 4. The number of pyridine rings is 5. The summed E-state index contributed by atoms with van der Waals surface area (Å²) in [4.78, 5) is 50.6. The summed E-state index contributed by atoms with van der Waals surface area (Å²) in [5, 5.41) is 3.04. The van der Waals surface area contributed by atoms with Crippen LogP contribution in [0.15, 0.2) is 156 Å². The number of hydrogen-bond donors (Lipinski definition) is 0. The first-order chi connectivity index (χ1) is 29.0. The van der Waals surface area contributed by atoms with Crippen LogP contribution in [0.2, 0.25) is 10.0 Å². The van der Waals surface area contributed by atoms with Crippen molar-refractivity contribution in [3.63, 3.8) is 0 Å². The van der Waals surface area contributed by atoms with Crippen molar-refractivity contribution in [3.05, 3.63) is 200 Å². The minimum Gasteiger partial charge on any atom is -0.295 e. The summed E-state index contributed by atoms with van der Waals surface area (Å²) < 4.78 is 30.5. The van der Waals surface area contributed by atoms with Gasteiger partial charge < -0.3 is 0 Å². The lowest BCUT2D eigenvalue weighted by Crippen LogP contribution is -2.17. The molecule has 0 aliphatic heterocycles. The van der Waals surface area contributed by atoms with Gasteiger partial charge in [0, 0.05) is 69.9 Å². The number of hydrogen-bond acceptors (Lipinski definition) is 6. The molecular formula is C48H29Cl2F2N5O3. The van der Waals surface area contributed by atoms with Gasteiger partial charge in [-0.25, -0.2) is 8.78 Å². The Morgan fingerprint density at radius 1 is 0.550 bits per heavy atom. The Bertz CT molecular complexity index is 3430. The molecule has 60 heavy (non-hydrogen) atoms. The molecule has 292 valence electrons. The second-order valence-electron chi connectivity index (χ2n) is 14.2. The standard InChI is InChI=1S/C24H15ClFN3O.C24H14ClFN2O2/c1-14-2-3-16(12-27-14)15-4-8-22-19(10-15)24-17(13-28-22)5-9-23(30)29(24)18-6-7-21(26)20(25)11-18;25-20-12-17(5-8-21(20)26)28-23(30)10-4-16-13-27-22-9-3-15(11-19(22)24(16)28)14-1-6-18(29)7-2-14/h2-13H,1H3;1-6,8-13H,7H2. The van der Waals surface area contributed by atoms with Crippen LogP contribution in [-0.2, 0) is 4.79 Å². The molecule has 5 heterocycles. The van der Waals surface area contributed by atoms with Gasteiger partial charge >= 0.3 is 0 Å². The number of carbonyl (C=O) groups excluding carboxylic acids is 1. The van der Waals surface area contributed by atoms with Gasteiger partial charge in [-0.1, -0.05) is 53.6 Å². The van der Waals surface area contributed by atoms with Crippen molar-refractivity contribution in [3.8, 4) is 22.5 Å². The van der Waals surface area contributed by atoms with Crippen molar-refractivity contribution in [2.75, 3.05) is 0 Å². The molecular weight excluding hydrogens is 803 g/mol. The zero-order chi connectivity index (χ0) is 41.7. The largest absolute Gasteiger partial charge is 0.295 e. The van der Waals surface area contributed by atoms with Gasteiger partial charge in [0.15, 0.2) is 5.78 Å². The summed E-state index contributed by atoms with van der Waals surface area (Å²) in [5.41, 5.74) is 8.00. The monoisotopic (exact) mass is 831 g/mol. The zero-order valence-corrected chi connectivity index (χ0v) is 33.0. The van der Waals surface area contributed by atoms with Crippen molar-refractivity contribution < 1.29 is 13.6 Å². The highest BCUT2D eigenvalue weighted by molar-refractivity contribution is 6.31. The number of ketones is 1. The van der Waals surface area contributed by atoms with E-state index in [4.69, 9.17) is 23.2 Å². The Labute approximate surface area is 350 Å². The van der Waals surface area contributed by atoms with Crippen molar-refractivity contribution in [2.45, 2.75) is 13.3 Å². The van der Waals surface area contributed by atoms with Crippen molar-refractivity contribution >= 4 is 78.2 Å². The van der Waals surface area contributed by atoms with Gasteiger partial charge in [0.2, 0.25) is 0 Å². The number of nitrogens with zero attached hydrogens (tertiary/aromatic N) is 5. The molecule has 0 saturated heterocycles. The first-order valence-corrected chi connectivity index (χ1v) is 19.4. The number of carbonyl (C=O) groups is 1. The fourth-order valence-electron chi connectivity index (χ4n) is 7.32. The Kier molecular flexibility index (Phi) is 9.95. The third kappa shape index (κ3) is 7.16. The third-order valence-corrected chi connectivity index (χ3v) is 10.9. The molecule has 4 aromatic carbocycles. The van der Waals surface area contributed by atoms with E-state index in [-0.39, 0.29) is 26.9 Å². The van der Waals surface area contributed by atoms with E-state index in [1.807, 2.05) is 67.7 Å². The van der Waals surface area contributed by atoms with E-state index in [9.17, 15) is 23.2 Å². The molecule has 0 saturated carbocycles. The number of halogens is 4. The molecule has 0 unspecified atom stereocenters. The number of benzene rings is 4. The van der Waals surface area contributed by atoms with E-state index < -0.39 is 11.6 Å². The Morgan fingerprint density at radius 3 is 1.58 bits per heavy atom. The van der Waals surface area contributed by atoms with E-state index >= 15 is 0 Å². The van der Waals surface area contributed by atoms with Gasteiger partial charge in [0.25, 0.3) is 11.1 Å². The molecule has 10 rings (SSSR count). The predicted molar refractivity (Wildman–Crippen MR) is 234 cm³/mol. The molecule has 0 N–H and O–H groups in total. The van der Waals surface area contributed by atoms with Crippen molar-refractivity contribution in [1.29, 1.82) is 0 Å². The molecule has 0 amide bonds. The summed E-state index contributed by atoms with van der Waals surface area (Å²) in [6.07, 6.45) is 10.9. The number of aromatic nitrogens is 5. The molecule has 9 aromatic rings. The summed E-state index contributed by atoms with van der Waals surface area (Å²) in [5.74, 6) is -1.02. The Balaban J connectivity index is 0.000000154. The molecule has 0 radical (unpaired) electrons. The number of fused-ring (bicyclic) bond motifs is 6. The van der Waals surface area contributed by atoms with Crippen LogP contribution in [0.5, 0.6) is 0 Å². The van der Waals surface area contributed by atoms with Gasteiger partial charge in [-0.15, -0.1) is 0 Å². The lowest BCUT2D eigenvalue weighted by atomic mass is 9.97. The Morgan fingerprint density at radius 2 is 1.08 bits per heavy atom. The van der Waals surface area contributed by atoms with Crippen LogP contribution in [0.25, 0.3) is 71.7 Å². The van der Waals surface area contributed by atoms with Crippen molar-refractivity contribution in [2.24, 2.45) is 0 Å². The maximum atomic E-state index is 13.7. The minimum absolute atomic E-state index is 0.0406. The summed E-state index contributed by atoms with van der Waals surface area (Å²) in [6.45, 7) is 1.94. The molecule has 1 aliphatic rings.